The fourth-order valence-corrected chi connectivity index (χ4v) is 6.89. The highest BCUT2D eigenvalue weighted by molar-refractivity contribution is 7.92. The van der Waals surface area contributed by atoms with E-state index < -0.39 is 55.3 Å². The van der Waals surface area contributed by atoms with Crippen LogP contribution in [0.15, 0.2) is 53.6 Å². The van der Waals surface area contributed by atoms with Crippen molar-refractivity contribution in [3.63, 3.8) is 0 Å². The van der Waals surface area contributed by atoms with Crippen molar-refractivity contribution < 1.29 is 31.4 Å². The van der Waals surface area contributed by atoms with Gasteiger partial charge in [0.25, 0.3) is 10.0 Å². The minimum atomic E-state index is -4.53. The molecule has 0 bridgehead atoms. The van der Waals surface area contributed by atoms with Crippen molar-refractivity contribution in [1.82, 2.24) is 9.88 Å². The van der Waals surface area contributed by atoms with Gasteiger partial charge in [0.15, 0.2) is 5.82 Å². The predicted octanol–water partition coefficient (Wildman–Crippen LogP) is 5.71. The van der Waals surface area contributed by atoms with Gasteiger partial charge in [-0.05, 0) is 68.7 Å². The molecule has 6 rings (SSSR count). The summed E-state index contributed by atoms with van der Waals surface area (Å²) in [5.41, 5.74) is -1.59. The van der Waals surface area contributed by atoms with Crippen molar-refractivity contribution in [2.45, 2.75) is 29.9 Å². The van der Waals surface area contributed by atoms with Crippen LogP contribution in [0.4, 0.5) is 24.7 Å². The van der Waals surface area contributed by atoms with Crippen LogP contribution in [0.3, 0.4) is 0 Å². The van der Waals surface area contributed by atoms with Crippen molar-refractivity contribution in [2.24, 2.45) is 0 Å². The molecule has 13 heteroatoms. The summed E-state index contributed by atoms with van der Waals surface area (Å²) in [6.07, 6.45) is 2.10. The predicted molar refractivity (Wildman–Crippen MR) is 154 cm³/mol. The Morgan fingerprint density at radius 2 is 1.83 bits per heavy atom. The summed E-state index contributed by atoms with van der Waals surface area (Å²) >= 11 is 6.05. The lowest BCUT2D eigenvalue weighted by Gasteiger charge is -2.29. The second-order valence-electron chi connectivity index (χ2n) is 10.5. The minimum Gasteiger partial charge on any atom is -0.489 e. The summed E-state index contributed by atoms with van der Waals surface area (Å²) in [6.45, 7) is 1.72. The lowest BCUT2D eigenvalue weighted by atomic mass is 9.99. The number of halogens is 4. The Bertz CT molecular complexity index is 1820. The van der Waals surface area contributed by atoms with E-state index >= 15 is 13.2 Å². The van der Waals surface area contributed by atoms with E-state index in [0.29, 0.717) is 11.2 Å². The number of benzene rings is 3. The van der Waals surface area contributed by atoms with Crippen LogP contribution in [0.1, 0.15) is 24.5 Å². The summed E-state index contributed by atoms with van der Waals surface area (Å²) in [6, 6.07) is 8.89. The maximum absolute atomic E-state index is 15.8. The molecule has 0 spiro atoms. The van der Waals surface area contributed by atoms with Gasteiger partial charge in [0.2, 0.25) is 0 Å². The number of nitrogens with one attached hydrogen (secondary N) is 2. The van der Waals surface area contributed by atoms with E-state index in [0.717, 1.165) is 44.1 Å². The summed E-state index contributed by atoms with van der Waals surface area (Å²) < 4.78 is 80.4. The number of aromatic nitrogens is 1. The van der Waals surface area contributed by atoms with Gasteiger partial charge in [0, 0.05) is 33.8 Å². The van der Waals surface area contributed by atoms with Gasteiger partial charge in [-0.3, -0.25) is 4.72 Å². The van der Waals surface area contributed by atoms with Gasteiger partial charge in [-0.15, -0.1) is 0 Å². The number of hydrogen-bond donors (Lipinski definition) is 3. The van der Waals surface area contributed by atoms with Crippen molar-refractivity contribution >= 4 is 43.9 Å². The van der Waals surface area contributed by atoms with Crippen LogP contribution in [0.25, 0.3) is 21.9 Å². The second kappa shape index (κ2) is 10.9. The summed E-state index contributed by atoms with van der Waals surface area (Å²) in [5, 5.41) is 14.0. The number of nitrogens with zero attached hydrogens (tertiary/aromatic N) is 2. The molecule has 4 aromatic rings. The van der Waals surface area contributed by atoms with E-state index in [1.807, 2.05) is 0 Å². The van der Waals surface area contributed by atoms with Gasteiger partial charge in [-0.1, -0.05) is 23.7 Å². The van der Waals surface area contributed by atoms with Gasteiger partial charge in [0.1, 0.15) is 40.8 Å². The lowest BCUT2D eigenvalue weighted by Crippen LogP contribution is -2.36. The lowest BCUT2D eigenvalue weighted by molar-refractivity contribution is 0.140. The van der Waals surface area contributed by atoms with Crippen LogP contribution >= 0.6 is 11.6 Å². The minimum absolute atomic E-state index is 0.00971. The SMILES string of the molecule is CN1CCC(Nc2cc3ccc(-c4c(F)ccc(NS(=O)(=O)c5cc(Cl)cc6c5OC[C@H]6O)c4F)c(F)c3cn2)CC1. The quantitative estimate of drug-likeness (QED) is 0.255. The molecule has 2 aliphatic rings. The van der Waals surface area contributed by atoms with E-state index in [-0.39, 0.29) is 34.4 Å². The average molecular weight is 619 g/mol. The average Bonchev–Trinajstić information content (AvgIpc) is 3.32. The number of ether oxygens (including phenoxy) is 1. The molecule has 0 radical (unpaired) electrons. The molecule has 1 atom stereocenters. The Labute approximate surface area is 245 Å². The third kappa shape index (κ3) is 5.24. The molecule has 1 saturated heterocycles. The summed E-state index contributed by atoms with van der Waals surface area (Å²) in [4.78, 5) is 6.13. The van der Waals surface area contributed by atoms with Crippen LogP contribution in [0.5, 0.6) is 5.75 Å². The van der Waals surface area contributed by atoms with Gasteiger partial charge in [-0.25, -0.2) is 26.6 Å². The van der Waals surface area contributed by atoms with Gasteiger partial charge in [0.05, 0.1) is 11.3 Å². The standard InChI is InChI=1S/C29H26ClF3N4O4S/c1-37-8-6-17(7-9-37)35-25-10-15-2-3-18(27(32)20(15)13-34-25)26-21(31)4-5-22(28(26)33)36-42(39,40)24-12-16(30)11-19-23(38)14-41-29(19)24/h2-5,10-13,17,23,36,38H,6-9,14H2,1H3,(H,34,35)/t23-/m1/s1. The van der Waals surface area contributed by atoms with E-state index in [9.17, 15) is 13.5 Å². The molecule has 1 fully saturated rings. The first kappa shape index (κ1) is 28.5. The molecular weight excluding hydrogens is 593 g/mol. The Morgan fingerprint density at radius 1 is 1.07 bits per heavy atom. The molecule has 1 aromatic heterocycles. The maximum Gasteiger partial charge on any atom is 0.265 e. The Kier molecular flexibility index (Phi) is 7.42. The molecule has 0 saturated carbocycles. The molecule has 0 amide bonds. The number of fused-ring (bicyclic) bond motifs is 2. The molecular formula is C29H26ClF3N4O4S. The molecule has 3 heterocycles. The zero-order valence-corrected chi connectivity index (χ0v) is 23.9. The van der Waals surface area contributed by atoms with Crippen molar-refractivity contribution in [3.8, 4) is 16.9 Å². The normalized spacial score (nSPS) is 17.7. The van der Waals surface area contributed by atoms with Crippen molar-refractivity contribution in [3.05, 3.63) is 76.7 Å². The fraction of sp³-hybridized carbons (Fsp3) is 0.276. The molecule has 3 N–H and O–H groups in total. The highest BCUT2D eigenvalue weighted by Crippen LogP contribution is 2.42. The topological polar surface area (TPSA) is 104 Å². The Hall–Kier alpha value is -3.58. The first-order valence-electron chi connectivity index (χ1n) is 13.2. The third-order valence-electron chi connectivity index (χ3n) is 7.60. The number of aliphatic hydroxyl groups is 1. The molecule has 3 aromatic carbocycles. The largest absolute Gasteiger partial charge is 0.489 e. The number of likely N-dealkylation sites (tertiary alicyclic amines) is 1. The summed E-state index contributed by atoms with van der Waals surface area (Å²) in [5.74, 6) is -2.86. The Morgan fingerprint density at radius 3 is 2.60 bits per heavy atom. The smallest absolute Gasteiger partial charge is 0.265 e. The van der Waals surface area contributed by atoms with Gasteiger partial charge < -0.3 is 20.1 Å². The number of pyridine rings is 1. The first-order valence-corrected chi connectivity index (χ1v) is 15.1. The van der Waals surface area contributed by atoms with Gasteiger partial charge in [-0.2, -0.15) is 0 Å². The third-order valence-corrected chi connectivity index (χ3v) is 9.19. The molecule has 8 nitrogen and oxygen atoms in total. The molecule has 42 heavy (non-hydrogen) atoms. The number of aliphatic hydroxyl groups excluding tert-OH is 1. The Balaban J connectivity index is 1.33. The van der Waals surface area contributed by atoms with E-state index in [4.69, 9.17) is 16.3 Å². The monoisotopic (exact) mass is 618 g/mol. The molecule has 220 valence electrons. The summed E-state index contributed by atoms with van der Waals surface area (Å²) in [7, 11) is -2.47. The molecule has 0 unspecified atom stereocenters. The first-order chi connectivity index (χ1) is 20.0. The zero-order chi connectivity index (χ0) is 29.8. The number of hydrogen-bond acceptors (Lipinski definition) is 7. The number of sulfonamides is 1. The number of piperidine rings is 1. The number of rotatable bonds is 6. The van der Waals surface area contributed by atoms with E-state index in [2.05, 4.69) is 27.0 Å². The highest BCUT2D eigenvalue weighted by Gasteiger charge is 2.32. The van der Waals surface area contributed by atoms with Crippen LogP contribution in [-0.4, -0.2) is 56.2 Å². The van der Waals surface area contributed by atoms with Gasteiger partial charge >= 0.3 is 0 Å². The van der Waals surface area contributed by atoms with Crippen LogP contribution in [0.2, 0.25) is 5.02 Å². The molecule has 0 aliphatic carbocycles. The zero-order valence-electron chi connectivity index (χ0n) is 22.3. The van der Waals surface area contributed by atoms with Crippen LogP contribution in [-0.2, 0) is 10.0 Å². The van der Waals surface area contributed by atoms with Crippen LogP contribution in [0, 0.1) is 17.5 Å². The van der Waals surface area contributed by atoms with E-state index in [1.165, 1.54) is 24.4 Å². The number of anilines is 2. The van der Waals surface area contributed by atoms with Crippen LogP contribution < -0.4 is 14.8 Å². The maximum atomic E-state index is 15.8. The van der Waals surface area contributed by atoms with Crippen molar-refractivity contribution in [1.29, 1.82) is 0 Å². The fourth-order valence-electron chi connectivity index (χ4n) is 5.34. The second-order valence-corrected chi connectivity index (χ2v) is 12.6. The molecule has 2 aliphatic heterocycles. The highest BCUT2D eigenvalue weighted by atomic mass is 35.5. The van der Waals surface area contributed by atoms with E-state index in [1.54, 1.807) is 6.07 Å². The van der Waals surface area contributed by atoms with Crippen molar-refractivity contribution in [2.75, 3.05) is 36.8 Å².